The third-order valence-corrected chi connectivity index (χ3v) is 3.48. The van der Waals surface area contributed by atoms with E-state index in [4.69, 9.17) is 0 Å². The van der Waals surface area contributed by atoms with Gasteiger partial charge in [-0.25, -0.2) is 0 Å². The van der Waals surface area contributed by atoms with Crippen molar-refractivity contribution in [2.45, 2.75) is 33.0 Å². The zero-order valence-electron chi connectivity index (χ0n) is 12.1. The molecule has 0 saturated heterocycles. The third-order valence-electron chi connectivity index (χ3n) is 3.48. The molecule has 0 aliphatic rings. The molecule has 0 saturated carbocycles. The van der Waals surface area contributed by atoms with E-state index in [1.165, 1.54) is 11.6 Å². The van der Waals surface area contributed by atoms with Crippen molar-refractivity contribution in [1.29, 1.82) is 0 Å². The molecule has 0 aromatic heterocycles. The normalized spacial score (nSPS) is 11.5. The maximum Gasteiger partial charge on any atom is 0.416 e. The monoisotopic (exact) mass is 293 g/mol. The largest absolute Gasteiger partial charge is 0.416 e. The number of benzene rings is 2. The summed E-state index contributed by atoms with van der Waals surface area (Å²) in [4.78, 5) is 0. The van der Waals surface area contributed by atoms with Gasteiger partial charge in [-0.1, -0.05) is 37.3 Å². The highest BCUT2D eigenvalue weighted by Crippen LogP contribution is 2.32. The fourth-order valence-electron chi connectivity index (χ4n) is 2.08. The van der Waals surface area contributed by atoms with Crippen LogP contribution in [0.15, 0.2) is 42.5 Å². The van der Waals surface area contributed by atoms with Crippen molar-refractivity contribution in [2.75, 3.05) is 5.32 Å². The van der Waals surface area contributed by atoms with Crippen LogP contribution in [0.5, 0.6) is 0 Å². The van der Waals surface area contributed by atoms with Crippen LogP contribution in [0.25, 0.3) is 0 Å². The summed E-state index contributed by atoms with van der Waals surface area (Å²) in [5, 5.41) is 3.08. The van der Waals surface area contributed by atoms with Crippen LogP contribution in [0, 0.1) is 6.92 Å². The molecule has 0 aliphatic carbocycles. The van der Waals surface area contributed by atoms with Crippen molar-refractivity contribution in [2.24, 2.45) is 0 Å². The summed E-state index contributed by atoms with van der Waals surface area (Å²) in [6.07, 6.45) is -3.34. The second-order valence-corrected chi connectivity index (χ2v) is 5.05. The Morgan fingerprint density at radius 3 is 2.14 bits per heavy atom. The molecule has 0 bridgehead atoms. The SMILES string of the molecule is CCc1ccc(CNc2cc(C(F)(F)F)ccc2C)cc1. The Hall–Kier alpha value is -1.97. The zero-order chi connectivity index (χ0) is 15.5. The van der Waals surface area contributed by atoms with Crippen molar-refractivity contribution in [3.05, 3.63) is 64.7 Å². The molecule has 112 valence electrons. The molecular formula is C17H18F3N. The summed E-state index contributed by atoms with van der Waals surface area (Å²) in [7, 11) is 0. The molecule has 0 fully saturated rings. The fraction of sp³-hybridized carbons (Fsp3) is 0.294. The van der Waals surface area contributed by atoms with E-state index >= 15 is 0 Å². The Morgan fingerprint density at radius 1 is 0.952 bits per heavy atom. The predicted octanol–water partition coefficient (Wildman–Crippen LogP) is 5.19. The topological polar surface area (TPSA) is 12.0 Å². The van der Waals surface area contributed by atoms with E-state index in [1.807, 2.05) is 24.3 Å². The lowest BCUT2D eigenvalue weighted by molar-refractivity contribution is -0.137. The van der Waals surface area contributed by atoms with E-state index in [9.17, 15) is 13.2 Å². The first kappa shape index (κ1) is 15.4. The molecule has 0 amide bonds. The molecule has 0 spiro atoms. The fourth-order valence-corrected chi connectivity index (χ4v) is 2.08. The number of alkyl halides is 3. The molecule has 0 atom stereocenters. The second kappa shape index (κ2) is 6.20. The van der Waals surface area contributed by atoms with E-state index in [0.29, 0.717) is 12.2 Å². The number of anilines is 1. The minimum absolute atomic E-state index is 0.506. The van der Waals surface area contributed by atoms with E-state index in [-0.39, 0.29) is 0 Å². The van der Waals surface area contributed by atoms with E-state index in [1.54, 1.807) is 6.92 Å². The summed E-state index contributed by atoms with van der Waals surface area (Å²) in [6, 6.07) is 11.8. The van der Waals surface area contributed by atoms with Gasteiger partial charge in [0, 0.05) is 12.2 Å². The molecule has 2 rings (SSSR count). The van der Waals surface area contributed by atoms with Gasteiger partial charge in [0.2, 0.25) is 0 Å². The Bertz CT molecular complexity index is 600. The summed E-state index contributed by atoms with van der Waals surface area (Å²) in [5.41, 5.74) is 2.98. The lowest BCUT2D eigenvalue weighted by Crippen LogP contribution is -2.07. The summed E-state index contributed by atoms with van der Waals surface area (Å²) < 4.78 is 38.2. The lowest BCUT2D eigenvalue weighted by Gasteiger charge is -2.13. The number of hydrogen-bond donors (Lipinski definition) is 1. The number of nitrogens with one attached hydrogen (secondary N) is 1. The third kappa shape index (κ3) is 4.00. The molecule has 1 N–H and O–H groups in total. The molecule has 4 heteroatoms. The van der Waals surface area contributed by atoms with Crippen LogP contribution >= 0.6 is 0 Å². The van der Waals surface area contributed by atoms with Gasteiger partial charge in [-0.2, -0.15) is 13.2 Å². The predicted molar refractivity (Wildman–Crippen MR) is 79.3 cm³/mol. The molecule has 2 aromatic carbocycles. The average Bonchev–Trinajstić information content (AvgIpc) is 2.45. The molecule has 0 heterocycles. The Labute approximate surface area is 122 Å². The maximum atomic E-state index is 12.7. The summed E-state index contributed by atoms with van der Waals surface area (Å²) >= 11 is 0. The van der Waals surface area contributed by atoms with Crippen molar-refractivity contribution in [1.82, 2.24) is 0 Å². The molecule has 1 nitrogen and oxygen atoms in total. The van der Waals surface area contributed by atoms with E-state index in [0.717, 1.165) is 29.7 Å². The van der Waals surface area contributed by atoms with Gasteiger partial charge in [-0.3, -0.25) is 0 Å². The van der Waals surface area contributed by atoms with Crippen LogP contribution in [-0.2, 0) is 19.1 Å². The van der Waals surface area contributed by atoms with Crippen molar-refractivity contribution >= 4 is 5.69 Å². The number of aryl methyl sites for hydroxylation is 2. The van der Waals surface area contributed by atoms with Gasteiger partial charge >= 0.3 is 6.18 Å². The van der Waals surface area contributed by atoms with Crippen molar-refractivity contribution < 1.29 is 13.2 Å². The van der Waals surface area contributed by atoms with Gasteiger partial charge in [-0.15, -0.1) is 0 Å². The molecule has 0 radical (unpaired) electrons. The van der Waals surface area contributed by atoms with Gasteiger partial charge < -0.3 is 5.32 Å². The minimum atomic E-state index is -4.31. The molecule has 0 aliphatic heterocycles. The van der Waals surface area contributed by atoms with Crippen LogP contribution in [-0.4, -0.2) is 0 Å². The van der Waals surface area contributed by atoms with Crippen molar-refractivity contribution in [3.63, 3.8) is 0 Å². The first-order valence-corrected chi connectivity index (χ1v) is 6.89. The molecular weight excluding hydrogens is 275 g/mol. The summed E-state index contributed by atoms with van der Waals surface area (Å²) in [6.45, 7) is 4.38. The van der Waals surface area contributed by atoms with E-state index in [2.05, 4.69) is 12.2 Å². The van der Waals surface area contributed by atoms with Gasteiger partial charge in [-0.05, 0) is 42.2 Å². The smallest absolute Gasteiger partial charge is 0.381 e. The number of hydrogen-bond acceptors (Lipinski definition) is 1. The quantitative estimate of drug-likeness (QED) is 0.818. The average molecular weight is 293 g/mol. The Balaban J connectivity index is 2.11. The van der Waals surface area contributed by atoms with Crippen LogP contribution in [0.3, 0.4) is 0 Å². The standard InChI is InChI=1S/C17H18F3N/c1-3-13-5-7-14(8-6-13)11-21-16-10-15(17(18,19)20)9-4-12(16)2/h4-10,21H,3,11H2,1-2H3. The highest BCUT2D eigenvalue weighted by atomic mass is 19.4. The Kier molecular flexibility index (Phi) is 4.56. The number of rotatable bonds is 4. The van der Waals surface area contributed by atoms with Gasteiger partial charge in [0.1, 0.15) is 0 Å². The lowest BCUT2D eigenvalue weighted by atomic mass is 10.1. The molecule has 0 unspecified atom stereocenters. The van der Waals surface area contributed by atoms with E-state index < -0.39 is 11.7 Å². The first-order chi connectivity index (χ1) is 9.90. The summed E-state index contributed by atoms with van der Waals surface area (Å²) in [5.74, 6) is 0. The van der Waals surface area contributed by atoms with Crippen LogP contribution in [0.4, 0.5) is 18.9 Å². The molecule has 21 heavy (non-hydrogen) atoms. The zero-order valence-corrected chi connectivity index (χ0v) is 12.1. The van der Waals surface area contributed by atoms with Gasteiger partial charge in [0.05, 0.1) is 5.56 Å². The van der Waals surface area contributed by atoms with Crippen LogP contribution in [0.1, 0.15) is 29.2 Å². The van der Waals surface area contributed by atoms with Crippen LogP contribution in [0.2, 0.25) is 0 Å². The highest BCUT2D eigenvalue weighted by Gasteiger charge is 2.30. The van der Waals surface area contributed by atoms with Crippen LogP contribution < -0.4 is 5.32 Å². The highest BCUT2D eigenvalue weighted by molar-refractivity contribution is 5.53. The Morgan fingerprint density at radius 2 is 1.57 bits per heavy atom. The minimum Gasteiger partial charge on any atom is -0.381 e. The first-order valence-electron chi connectivity index (χ1n) is 6.89. The maximum absolute atomic E-state index is 12.7. The molecule has 2 aromatic rings. The van der Waals surface area contributed by atoms with Gasteiger partial charge in [0.15, 0.2) is 0 Å². The second-order valence-electron chi connectivity index (χ2n) is 5.05. The van der Waals surface area contributed by atoms with Gasteiger partial charge in [0.25, 0.3) is 0 Å². The van der Waals surface area contributed by atoms with Crippen molar-refractivity contribution in [3.8, 4) is 0 Å². The number of halogens is 3.